The number of nitrogens with zero attached hydrogens (tertiary/aromatic N) is 2. The molecule has 2 nitrogen and oxygen atoms in total. The summed E-state index contributed by atoms with van der Waals surface area (Å²) in [5.74, 6) is 0.119. The van der Waals surface area contributed by atoms with Crippen molar-refractivity contribution < 1.29 is 0 Å². The lowest BCUT2D eigenvalue weighted by Gasteiger charge is -2.17. The quantitative estimate of drug-likeness (QED) is 0.545. The lowest BCUT2D eigenvalue weighted by Crippen LogP contribution is -2.18. The van der Waals surface area contributed by atoms with E-state index in [0.29, 0.717) is 10.0 Å². The smallest absolute Gasteiger partial charge is 0.0875 e. The van der Waals surface area contributed by atoms with Gasteiger partial charge in [-0.2, -0.15) is 5.10 Å². The molecule has 0 fully saturated rings. The van der Waals surface area contributed by atoms with Crippen LogP contribution >= 0.6 is 34.5 Å². The van der Waals surface area contributed by atoms with E-state index in [1.165, 1.54) is 4.88 Å². The van der Waals surface area contributed by atoms with Crippen molar-refractivity contribution >= 4 is 45.9 Å². The van der Waals surface area contributed by atoms with Gasteiger partial charge in [-0.25, -0.2) is 0 Å². The molecular formula is C19H14Cl2N2S. The molecule has 1 aliphatic heterocycles. The average Bonchev–Trinajstić information content (AvgIpc) is 3.25. The summed E-state index contributed by atoms with van der Waals surface area (Å²) in [5, 5.41) is 10.3. The van der Waals surface area contributed by atoms with Gasteiger partial charge >= 0.3 is 0 Å². The normalized spacial score (nSPS) is 17.2. The van der Waals surface area contributed by atoms with Gasteiger partial charge in [0.05, 0.1) is 28.7 Å². The number of benzene rings is 2. The van der Waals surface area contributed by atoms with Crippen molar-refractivity contribution in [1.82, 2.24) is 0 Å². The molecular weight excluding hydrogens is 359 g/mol. The molecule has 1 aliphatic rings. The maximum absolute atomic E-state index is 6.48. The molecule has 24 heavy (non-hydrogen) atoms. The van der Waals surface area contributed by atoms with Gasteiger partial charge in [0.2, 0.25) is 0 Å². The van der Waals surface area contributed by atoms with Crippen molar-refractivity contribution in [2.75, 3.05) is 11.6 Å². The molecule has 1 atom stereocenters. The Morgan fingerprint density at radius 2 is 1.83 bits per heavy atom. The van der Waals surface area contributed by atoms with Crippen molar-refractivity contribution in [3.8, 4) is 0 Å². The maximum atomic E-state index is 6.48. The fourth-order valence-corrected chi connectivity index (χ4v) is 4.24. The average molecular weight is 373 g/mol. The summed E-state index contributed by atoms with van der Waals surface area (Å²) in [6.07, 6.45) is 0. The van der Waals surface area contributed by atoms with Crippen LogP contribution < -0.4 is 5.01 Å². The van der Waals surface area contributed by atoms with Crippen LogP contribution in [0.25, 0.3) is 0 Å². The number of rotatable bonds is 3. The van der Waals surface area contributed by atoms with Crippen molar-refractivity contribution in [1.29, 1.82) is 0 Å². The zero-order chi connectivity index (χ0) is 16.5. The first-order chi connectivity index (χ1) is 11.7. The minimum Gasteiger partial charge on any atom is -0.264 e. The molecule has 0 saturated heterocycles. The lowest BCUT2D eigenvalue weighted by molar-refractivity contribution is 0.851. The van der Waals surface area contributed by atoms with Gasteiger partial charge in [0, 0.05) is 10.0 Å². The monoisotopic (exact) mass is 372 g/mol. The van der Waals surface area contributed by atoms with Crippen molar-refractivity contribution in [2.24, 2.45) is 5.10 Å². The maximum Gasteiger partial charge on any atom is 0.0875 e. The van der Waals surface area contributed by atoms with Crippen molar-refractivity contribution in [3.63, 3.8) is 0 Å². The van der Waals surface area contributed by atoms with Gasteiger partial charge in [-0.15, -0.1) is 11.3 Å². The van der Waals surface area contributed by atoms with E-state index < -0.39 is 0 Å². The molecule has 120 valence electrons. The van der Waals surface area contributed by atoms with Gasteiger partial charge in [-0.1, -0.05) is 53.5 Å². The largest absolute Gasteiger partial charge is 0.264 e. The number of halogens is 2. The predicted octanol–water partition coefficient (Wildman–Crippen LogP) is 6.06. The minimum absolute atomic E-state index is 0.119. The summed E-state index contributed by atoms with van der Waals surface area (Å²) in [6, 6.07) is 20.1. The second-order valence-electron chi connectivity index (χ2n) is 5.60. The minimum atomic E-state index is 0.119. The predicted molar refractivity (Wildman–Crippen MR) is 104 cm³/mol. The number of para-hydroxylation sites is 1. The van der Waals surface area contributed by atoms with Crippen LogP contribution in [0.15, 0.2) is 71.1 Å². The van der Waals surface area contributed by atoms with Crippen LogP contribution in [0.2, 0.25) is 10.0 Å². The van der Waals surface area contributed by atoms with Crippen LogP contribution in [0.1, 0.15) is 16.4 Å². The van der Waals surface area contributed by atoms with Crippen LogP contribution in [0.5, 0.6) is 0 Å². The van der Waals surface area contributed by atoms with E-state index in [1.54, 1.807) is 17.4 Å². The van der Waals surface area contributed by atoms with E-state index in [4.69, 9.17) is 28.3 Å². The molecule has 0 aliphatic carbocycles. The molecule has 5 heteroatoms. The molecule has 0 radical (unpaired) electrons. The Morgan fingerprint density at radius 1 is 1.00 bits per heavy atom. The van der Waals surface area contributed by atoms with Gasteiger partial charge in [-0.3, -0.25) is 5.01 Å². The zero-order valence-electron chi connectivity index (χ0n) is 12.7. The number of hydrazone groups is 1. The van der Waals surface area contributed by atoms with Crippen molar-refractivity contribution in [3.05, 3.63) is 86.5 Å². The fraction of sp³-hybridized carbons (Fsp3) is 0.105. The molecule has 0 unspecified atom stereocenters. The Bertz CT molecular complexity index is 876. The molecule has 0 saturated carbocycles. The fourth-order valence-electron chi connectivity index (χ4n) is 2.94. The lowest BCUT2D eigenvalue weighted by atomic mass is 9.93. The molecule has 0 N–H and O–H groups in total. The summed E-state index contributed by atoms with van der Waals surface area (Å²) in [6.45, 7) is 0.762. The summed E-state index contributed by atoms with van der Waals surface area (Å²) in [7, 11) is 0. The Labute approximate surface area is 155 Å². The summed E-state index contributed by atoms with van der Waals surface area (Å²) >= 11 is 14.2. The molecule has 2 aromatic carbocycles. The van der Waals surface area contributed by atoms with Crippen LogP contribution in [0.3, 0.4) is 0 Å². The second kappa shape index (κ2) is 6.60. The van der Waals surface area contributed by atoms with Gasteiger partial charge in [0.15, 0.2) is 0 Å². The van der Waals surface area contributed by atoms with Crippen LogP contribution in [-0.4, -0.2) is 12.3 Å². The van der Waals surface area contributed by atoms with E-state index in [-0.39, 0.29) is 5.92 Å². The number of anilines is 1. The Balaban J connectivity index is 1.77. The first kappa shape index (κ1) is 15.7. The Hall–Kier alpha value is -1.81. The number of thiophene rings is 1. The van der Waals surface area contributed by atoms with Crippen LogP contribution in [0.4, 0.5) is 5.69 Å². The van der Waals surface area contributed by atoms with E-state index in [1.807, 2.05) is 41.4 Å². The highest BCUT2D eigenvalue weighted by Crippen LogP contribution is 2.36. The number of hydrogen-bond acceptors (Lipinski definition) is 3. The van der Waals surface area contributed by atoms with Crippen LogP contribution in [0, 0.1) is 0 Å². The Morgan fingerprint density at radius 3 is 2.54 bits per heavy atom. The van der Waals surface area contributed by atoms with Gasteiger partial charge in [-0.05, 0) is 41.3 Å². The summed E-state index contributed by atoms with van der Waals surface area (Å²) in [5.41, 5.74) is 3.20. The first-order valence-electron chi connectivity index (χ1n) is 7.62. The second-order valence-corrected chi connectivity index (χ2v) is 7.39. The van der Waals surface area contributed by atoms with Gasteiger partial charge in [0.1, 0.15) is 0 Å². The molecule has 1 aromatic heterocycles. The SMILES string of the molecule is Clc1ccc([C@H]2CN(c3ccccc3)N=C2c2cccs2)c(Cl)c1. The molecule has 4 rings (SSSR count). The van der Waals surface area contributed by atoms with Crippen LogP contribution in [-0.2, 0) is 0 Å². The summed E-state index contributed by atoms with van der Waals surface area (Å²) < 4.78 is 0. The number of hydrogen-bond donors (Lipinski definition) is 0. The third-order valence-electron chi connectivity index (χ3n) is 4.08. The zero-order valence-corrected chi connectivity index (χ0v) is 15.0. The molecule has 0 amide bonds. The molecule has 3 aromatic rings. The van der Waals surface area contributed by atoms with Gasteiger partial charge in [0.25, 0.3) is 0 Å². The summed E-state index contributed by atoms with van der Waals surface area (Å²) in [4.78, 5) is 1.17. The van der Waals surface area contributed by atoms with Gasteiger partial charge < -0.3 is 0 Å². The molecule has 0 spiro atoms. The highest BCUT2D eigenvalue weighted by Gasteiger charge is 2.31. The third kappa shape index (κ3) is 2.95. The topological polar surface area (TPSA) is 15.6 Å². The van der Waals surface area contributed by atoms with Crippen molar-refractivity contribution in [2.45, 2.75) is 5.92 Å². The van der Waals surface area contributed by atoms with E-state index in [9.17, 15) is 0 Å². The Kier molecular flexibility index (Phi) is 4.31. The van der Waals surface area contributed by atoms with E-state index in [2.05, 4.69) is 23.6 Å². The highest BCUT2D eigenvalue weighted by atomic mass is 35.5. The highest BCUT2D eigenvalue weighted by molar-refractivity contribution is 7.12. The molecule has 0 bridgehead atoms. The molecule has 2 heterocycles. The van der Waals surface area contributed by atoms with E-state index >= 15 is 0 Å². The van der Waals surface area contributed by atoms with E-state index in [0.717, 1.165) is 23.5 Å². The first-order valence-corrected chi connectivity index (χ1v) is 9.26. The standard InChI is InChI=1S/C19H14Cl2N2S/c20-13-8-9-15(17(21)11-13)16-12-23(14-5-2-1-3-6-14)22-19(16)18-7-4-10-24-18/h1-11,16H,12H2/t16-/m1/s1. The third-order valence-corrected chi connectivity index (χ3v) is 5.53.